The summed E-state index contributed by atoms with van der Waals surface area (Å²) >= 11 is 0. The zero-order chi connectivity index (χ0) is 29.4. The lowest BCUT2D eigenvalue weighted by Crippen LogP contribution is -2.58. The first-order valence-electron chi connectivity index (χ1n) is 13.6. The van der Waals surface area contributed by atoms with Gasteiger partial charge < -0.3 is 31.1 Å². The van der Waals surface area contributed by atoms with Crippen molar-refractivity contribution in [2.24, 2.45) is 17.6 Å². The molecule has 3 aliphatic carbocycles. The van der Waals surface area contributed by atoms with Crippen molar-refractivity contribution in [2.75, 3.05) is 26.2 Å². The minimum Gasteiger partial charge on any atom is -0.508 e. The Balaban J connectivity index is 1.38. The van der Waals surface area contributed by atoms with Crippen LogP contribution in [0.4, 0.5) is 0 Å². The van der Waals surface area contributed by atoms with Crippen LogP contribution in [0.25, 0.3) is 16.5 Å². The molecule has 2 aromatic rings. The minimum atomic E-state index is -2.58. The van der Waals surface area contributed by atoms with Crippen molar-refractivity contribution in [3.8, 4) is 5.75 Å². The fourth-order valence-electron chi connectivity index (χ4n) is 7.01. The van der Waals surface area contributed by atoms with E-state index in [-0.39, 0.29) is 42.1 Å². The van der Waals surface area contributed by atoms with Crippen LogP contribution in [0.3, 0.4) is 0 Å². The molecule has 11 nitrogen and oxygen atoms in total. The molecule has 1 unspecified atom stereocenters. The molecule has 2 aromatic carbocycles. The fourth-order valence-corrected chi connectivity index (χ4v) is 7.01. The summed E-state index contributed by atoms with van der Waals surface area (Å²) in [6.45, 7) is 4.89. The zero-order valence-electron chi connectivity index (χ0n) is 22.5. The Bertz CT molecular complexity index is 1620. The number of carbonyl (C=O) groups is 4. The molecule has 1 saturated heterocycles. The number of hydrogen-bond acceptors (Lipinski definition) is 9. The Morgan fingerprint density at radius 2 is 1.76 bits per heavy atom. The number of carbonyl (C=O) groups excluding carboxylic acids is 4. The number of benzene rings is 2. The zero-order valence-corrected chi connectivity index (χ0v) is 22.5. The summed E-state index contributed by atoms with van der Waals surface area (Å²) in [4.78, 5) is 53.7. The third-order valence-corrected chi connectivity index (χ3v) is 9.16. The highest BCUT2D eigenvalue weighted by atomic mass is 16.3. The first-order chi connectivity index (χ1) is 19.4. The van der Waals surface area contributed by atoms with Crippen molar-refractivity contribution in [1.29, 1.82) is 0 Å². The number of fused-ring (bicyclic) bond motifs is 4. The molecule has 6 rings (SSSR count). The lowest BCUT2D eigenvalue weighted by atomic mass is 9.59. The van der Waals surface area contributed by atoms with E-state index in [4.69, 9.17) is 5.73 Å². The first kappa shape index (κ1) is 27.0. The molecule has 0 bridgehead atoms. The third kappa shape index (κ3) is 4.02. The molecule has 214 valence electrons. The van der Waals surface area contributed by atoms with Crippen molar-refractivity contribution < 1.29 is 39.6 Å². The maximum atomic E-state index is 13.7. The number of Topliss-reactive ketones (excluding diaryl/α,β-unsaturated/α-hetero) is 2. The predicted molar refractivity (Wildman–Crippen MR) is 146 cm³/mol. The topological polar surface area (TPSA) is 182 Å². The van der Waals surface area contributed by atoms with Crippen molar-refractivity contribution >= 4 is 39.9 Å². The van der Waals surface area contributed by atoms with Crippen LogP contribution in [0.15, 0.2) is 41.2 Å². The van der Waals surface area contributed by atoms with E-state index in [1.807, 2.05) is 24.3 Å². The molecule has 2 amide bonds. The summed E-state index contributed by atoms with van der Waals surface area (Å²) in [5.74, 6) is -6.31. The monoisotopic (exact) mass is 561 g/mol. The molecule has 4 aliphatic rings. The molecule has 1 aliphatic heterocycles. The molecule has 0 spiro atoms. The van der Waals surface area contributed by atoms with E-state index in [1.165, 1.54) is 0 Å². The van der Waals surface area contributed by atoms with Gasteiger partial charge in [0.05, 0.1) is 5.56 Å². The number of ketones is 2. The standard InChI is InChI=1S/C30H31N3O8/c1-14(34)33-6-4-32(5-7-33)13-15-2-3-16-9-17-10-18-11-19-12-21(35)24(29(31)40)28(39)30(19,41)27(38)23(18)26(37)22(17)25(36)20(16)8-15/h2-3,8-9,18-19,36-37,39,41H,4-7,10-13H2,1H3,(H2,31,40)/t18?,19-,30-/m0/s1. The lowest BCUT2D eigenvalue weighted by molar-refractivity contribution is -0.147. The highest BCUT2D eigenvalue weighted by molar-refractivity contribution is 6.22. The van der Waals surface area contributed by atoms with Gasteiger partial charge in [0, 0.05) is 62.9 Å². The van der Waals surface area contributed by atoms with Crippen LogP contribution >= 0.6 is 0 Å². The van der Waals surface area contributed by atoms with Gasteiger partial charge in [0.25, 0.3) is 5.91 Å². The van der Waals surface area contributed by atoms with E-state index in [0.717, 1.165) is 24.0 Å². The lowest BCUT2D eigenvalue weighted by Gasteiger charge is -2.46. The molecular formula is C30H31N3O8. The normalized spacial score (nSPS) is 26.6. The van der Waals surface area contributed by atoms with Crippen molar-refractivity contribution in [3.63, 3.8) is 0 Å². The number of hydrogen-bond donors (Lipinski definition) is 5. The van der Waals surface area contributed by atoms with E-state index in [9.17, 15) is 39.6 Å². The molecule has 0 radical (unpaired) electrons. The highest BCUT2D eigenvalue weighted by Gasteiger charge is 2.60. The Morgan fingerprint density at radius 3 is 2.41 bits per heavy atom. The van der Waals surface area contributed by atoms with Crippen LogP contribution in [-0.2, 0) is 32.1 Å². The van der Waals surface area contributed by atoms with Crippen LogP contribution in [0.5, 0.6) is 5.75 Å². The maximum absolute atomic E-state index is 13.7. The summed E-state index contributed by atoms with van der Waals surface area (Å²) < 4.78 is 0. The molecule has 1 heterocycles. The molecule has 2 fully saturated rings. The Hall–Kier alpha value is -4.22. The average Bonchev–Trinajstić information content (AvgIpc) is 2.91. The number of aromatic hydroxyl groups is 1. The number of nitrogens with zero attached hydrogens (tertiary/aromatic N) is 2. The summed E-state index contributed by atoms with van der Waals surface area (Å²) in [5.41, 5.74) is 3.32. The van der Waals surface area contributed by atoms with Gasteiger partial charge in [0.15, 0.2) is 11.4 Å². The van der Waals surface area contributed by atoms with Crippen LogP contribution in [0, 0.1) is 11.8 Å². The van der Waals surface area contributed by atoms with E-state index in [2.05, 4.69) is 4.90 Å². The summed E-state index contributed by atoms with van der Waals surface area (Å²) in [6, 6.07) is 7.55. The summed E-state index contributed by atoms with van der Waals surface area (Å²) in [5, 5.41) is 46.1. The second-order valence-electron chi connectivity index (χ2n) is 11.5. The highest BCUT2D eigenvalue weighted by Crippen LogP contribution is 2.52. The quantitative estimate of drug-likeness (QED) is 0.344. The van der Waals surface area contributed by atoms with Gasteiger partial charge >= 0.3 is 0 Å². The Kier molecular flexibility index (Phi) is 6.20. The van der Waals surface area contributed by atoms with Gasteiger partial charge in [0.1, 0.15) is 22.8 Å². The van der Waals surface area contributed by atoms with E-state index < -0.39 is 52.0 Å². The van der Waals surface area contributed by atoms with Crippen LogP contribution in [0.2, 0.25) is 0 Å². The number of phenols is 1. The largest absolute Gasteiger partial charge is 0.508 e. The van der Waals surface area contributed by atoms with E-state index in [0.29, 0.717) is 30.6 Å². The van der Waals surface area contributed by atoms with Crippen LogP contribution in [0.1, 0.15) is 36.5 Å². The van der Waals surface area contributed by atoms with Crippen LogP contribution in [-0.4, -0.2) is 85.4 Å². The number of aliphatic hydroxyl groups is 3. The first-order valence-corrected chi connectivity index (χ1v) is 13.6. The van der Waals surface area contributed by atoms with Gasteiger partial charge in [-0.05, 0) is 41.3 Å². The van der Waals surface area contributed by atoms with Crippen LogP contribution < -0.4 is 5.73 Å². The summed E-state index contributed by atoms with van der Waals surface area (Å²) in [7, 11) is 0. The maximum Gasteiger partial charge on any atom is 0.255 e. The number of phenolic OH excluding ortho intramolecular Hbond substituents is 1. The predicted octanol–water partition coefficient (Wildman–Crippen LogP) is 1.24. The minimum absolute atomic E-state index is 0.0526. The van der Waals surface area contributed by atoms with Gasteiger partial charge in [0.2, 0.25) is 11.7 Å². The van der Waals surface area contributed by atoms with Crippen molar-refractivity contribution in [1.82, 2.24) is 9.80 Å². The second kappa shape index (κ2) is 9.42. The number of aliphatic hydroxyl groups excluding tert-OH is 2. The fraction of sp³-hybridized carbons (Fsp3) is 0.400. The SMILES string of the molecule is CC(=O)N1CCN(Cc2ccc3cc4c(c(O)c3c2)C(O)=C2C(=O)[C@]3(O)C(O)=C(C(N)=O)C(=O)C[C@@H]3CC2C4)CC1. The molecule has 6 N–H and O–H groups in total. The van der Waals surface area contributed by atoms with Gasteiger partial charge in [-0.2, -0.15) is 0 Å². The molecule has 41 heavy (non-hydrogen) atoms. The van der Waals surface area contributed by atoms with Gasteiger partial charge in [-0.25, -0.2) is 0 Å². The van der Waals surface area contributed by atoms with Gasteiger partial charge in [-0.3, -0.25) is 24.1 Å². The van der Waals surface area contributed by atoms with Gasteiger partial charge in [-0.15, -0.1) is 0 Å². The second-order valence-corrected chi connectivity index (χ2v) is 11.5. The molecule has 1 saturated carbocycles. The smallest absolute Gasteiger partial charge is 0.255 e. The third-order valence-electron chi connectivity index (χ3n) is 9.16. The molecule has 3 atom stereocenters. The average molecular weight is 562 g/mol. The molecular weight excluding hydrogens is 530 g/mol. The van der Waals surface area contributed by atoms with Crippen molar-refractivity contribution in [3.05, 3.63) is 57.9 Å². The molecule has 0 aromatic heterocycles. The van der Waals surface area contributed by atoms with Crippen molar-refractivity contribution in [2.45, 2.75) is 38.3 Å². The number of piperazine rings is 1. The Labute approximate surface area is 235 Å². The molecule has 11 heteroatoms. The summed E-state index contributed by atoms with van der Waals surface area (Å²) in [6.07, 6.45) is 0.00906. The van der Waals surface area contributed by atoms with E-state index >= 15 is 0 Å². The van der Waals surface area contributed by atoms with Gasteiger partial charge in [-0.1, -0.05) is 18.2 Å². The number of rotatable bonds is 3. The number of amides is 2. The van der Waals surface area contributed by atoms with E-state index in [1.54, 1.807) is 11.8 Å². The Morgan fingerprint density at radius 1 is 1.05 bits per heavy atom. The number of nitrogens with two attached hydrogens (primary N) is 1. The number of primary amides is 1.